The van der Waals surface area contributed by atoms with E-state index in [4.69, 9.17) is 58.0 Å². The first-order valence-electron chi connectivity index (χ1n) is 2.80. The molecule has 6 heteroatoms. The normalized spacial score (nSPS) is 11.8. The molecule has 0 saturated carbocycles. The van der Waals surface area contributed by atoms with Crippen molar-refractivity contribution in [1.82, 2.24) is 4.98 Å². The van der Waals surface area contributed by atoms with E-state index in [1.54, 1.807) is 0 Å². The lowest BCUT2D eigenvalue weighted by Gasteiger charge is -2.09. The van der Waals surface area contributed by atoms with Gasteiger partial charge in [-0.1, -0.05) is 58.0 Å². The fraction of sp³-hybridized carbons (Fsp3) is 0.167. The fourth-order valence-corrected chi connectivity index (χ4v) is 1.37. The van der Waals surface area contributed by atoms with E-state index in [0.29, 0.717) is 5.02 Å². The Morgan fingerprint density at radius 3 is 2.08 bits per heavy atom. The lowest BCUT2D eigenvalue weighted by molar-refractivity contribution is 1.09. The Hall–Kier alpha value is 0.600. The van der Waals surface area contributed by atoms with Gasteiger partial charge in [0, 0.05) is 5.02 Å². The van der Waals surface area contributed by atoms with Crippen LogP contribution in [-0.2, 0) is 3.79 Å². The summed E-state index contributed by atoms with van der Waals surface area (Å²) in [5, 5.41) is 0.583. The Labute approximate surface area is 94.5 Å². The number of aromatic nitrogens is 1. The average Bonchev–Trinajstić information content (AvgIpc) is 1.82. The van der Waals surface area contributed by atoms with E-state index >= 15 is 0 Å². The van der Waals surface area contributed by atoms with E-state index in [9.17, 15) is 0 Å². The van der Waals surface area contributed by atoms with Gasteiger partial charge in [-0.3, -0.25) is 0 Å². The molecule has 1 aromatic rings. The van der Waals surface area contributed by atoms with Crippen molar-refractivity contribution in [3.05, 3.63) is 28.0 Å². The number of halogens is 5. The summed E-state index contributed by atoms with van der Waals surface area (Å²) in [6.45, 7) is 0. The summed E-state index contributed by atoms with van der Waals surface area (Å²) in [6.07, 6.45) is 0. The minimum Gasteiger partial charge on any atom is -0.237 e. The molecule has 0 aromatic carbocycles. The van der Waals surface area contributed by atoms with Gasteiger partial charge in [-0.25, -0.2) is 4.98 Å². The monoisotopic (exact) mass is 263 g/mol. The van der Waals surface area contributed by atoms with E-state index in [0.717, 1.165) is 0 Å². The summed E-state index contributed by atoms with van der Waals surface area (Å²) in [5.41, 5.74) is 0.213. The van der Waals surface area contributed by atoms with E-state index in [1.807, 2.05) is 0 Å². The van der Waals surface area contributed by atoms with Crippen LogP contribution in [0.3, 0.4) is 0 Å². The number of hydrogen-bond donors (Lipinski definition) is 0. The van der Waals surface area contributed by atoms with Crippen molar-refractivity contribution in [2.24, 2.45) is 0 Å². The zero-order valence-electron chi connectivity index (χ0n) is 5.49. The summed E-state index contributed by atoms with van der Waals surface area (Å²) < 4.78 is -1.59. The number of hydrogen-bond acceptors (Lipinski definition) is 1. The summed E-state index contributed by atoms with van der Waals surface area (Å²) in [4.78, 5) is 3.79. The van der Waals surface area contributed by atoms with Crippen molar-refractivity contribution >= 4 is 58.0 Å². The molecule has 0 bridgehead atoms. The molecular formula is C6H2Cl5N. The molecule has 66 valence electrons. The summed E-state index contributed by atoms with van der Waals surface area (Å²) in [5.74, 6) is 0. The highest BCUT2D eigenvalue weighted by Gasteiger charge is 2.25. The number of rotatable bonds is 0. The molecule has 1 aromatic heterocycles. The van der Waals surface area contributed by atoms with Gasteiger partial charge >= 0.3 is 0 Å². The van der Waals surface area contributed by atoms with Gasteiger partial charge in [-0.05, 0) is 12.1 Å². The topological polar surface area (TPSA) is 12.9 Å². The molecular weight excluding hydrogens is 263 g/mol. The predicted molar refractivity (Wildman–Crippen MR) is 53.5 cm³/mol. The third-order valence-electron chi connectivity index (χ3n) is 1.05. The van der Waals surface area contributed by atoms with Gasteiger partial charge in [-0.2, -0.15) is 0 Å². The maximum absolute atomic E-state index is 5.66. The van der Waals surface area contributed by atoms with Crippen molar-refractivity contribution < 1.29 is 0 Å². The first kappa shape index (κ1) is 10.7. The van der Waals surface area contributed by atoms with Gasteiger partial charge in [0.2, 0.25) is 3.79 Å². The lowest BCUT2D eigenvalue weighted by Crippen LogP contribution is -2.03. The molecule has 1 rings (SSSR count). The summed E-state index contributed by atoms with van der Waals surface area (Å²) in [6, 6.07) is 2.91. The quantitative estimate of drug-likeness (QED) is 0.505. The Morgan fingerprint density at radius 2 is 1.67 bits per heavy atom. The summed E-state index contributed by atoms with van der Waals surface area (Å²) in [7, 11) is 0. The molecule has 0 unspecified atom stereocenters. The number of nitrogens with zero attached hydrogens (tertiary/aromatic N) is 1. The van der Waals surface area contributed by atoms with E-state index in [1.165, 1.54) is 12.1 Å². The maximum Gasteiger partial charge on any atom is 0.232 e. The average molecular weight is 265 g/mol. The van der Waals surface area contributed by atoms with E-state index in [2.05, 4.69) is 4.98 Å². The van der Waals surface area contributed by atoms with Crippen LogP contribution in [0.15, 0.2) is 12.1 Å². The Bertz CT molecular complexity index is 272. The zero-order valence-corrected chi connectivity index (χ0v) is 9.27. The molecule has 12 heavy (non-hydrogen) atoms. The van der Waals surface area contributed by atoms with Crippen LogP contribution < -0.4 is 0 Å². The highest BCUT2D eigenvalue weighted by Crippen LogP contribution is 2.38. The second kappa shape index (κ2) is 3.77. The number of alkyl halides is 3. The van der Waals surface area contributed by atoms with Crippen molar-refractivity contribution in [3.8, 4) is 0 Å². The van der Waals surface area contributed by atoms with Crippen molar-refractivity contribution in [2.75, 3.05) is 0 Å². The first-order chi connectivity index (χ1) is 5.39. The Balaban J connectivity index is 3.18. The smallest absolute Gasteiger partial charge is 0.232 e. The second-order valence-corrected chi connectivity index (χ2v) is 5.10. The van der Waals surface area contributed by atoms with Crippen LogP contribution >= 0.6 is 58.0 Å². The highest BCUT2D eigenvalue weighted by atomic mass is 35.6. The predicted octanol–water partition coefficient (Wildman–Crippen LogP) is 4.22. The molecule has 0 saturated heterocycles. The second-order valence-electron chi connectivity index (χ2n) is 1.99. The van der Waals surface area contributed by atoms with Gasteiger partial charge in [0.1, 0.15) is 5.15 Å². The molecule has 0 N–H and O–H groups in total. The molecule has 0 spiro atoms. The third-order valence-corrected chi connectivity index (χ3v) is 2.04. The van der Waals surface area contributed by atoms with E-state index < -0.39 is 3.79 Å². The lowest BCUT2D eigenvalue weighted by atomic mass is 10.4. The first-order valence-corrected chi connectivity index (χ1v) is 4.69. The standard InChI is InChI=1S/C6H2Cl5N/c7-3-1-4(6(9,10)11)12-5(8)2-3/h1-2H. The van der Waals surface area contributed by atoms with Crippen LogP contribution in [0.25, 0.3) is 0 Å². The van der Waals surface area contributed by atoms with Crippen molar-refractivity contribution in [2.45, 2.75) is 3.79 Å². The molecule has 0 aliphatic rings. The maximum atomic E-state index is 5.66. The minimum atomic E-state index is -1.59. The molecule has 0 aliphatic carbocycles. The van der Waals surface area contributed by atoms with Crippen LogP contribution in [0, 0.1) is 0 Å². The van der Waals surface area contributed by atoms with Crippen LogP contribution in [0.5, 0.6) is 0 Å². The molecule has 0 radical (unpaired) electrons. The molecule has 0 amide bonds. The highest BCUT2D eigenvalue weighted by molar-refractivity contribution is 6.66. The van der Waals surface area contributed by atoms with Gasteiger partial charge in [0.15, 0.2) is 0 Å². The molecule has 1 nitrogen and oxygen atoms in total. The minimum absolute atomic E-state index is 0.198. The largest absolute Gasteiger partial charge is 0.237 e. The molecule has 0 atom stereocenters. The molecule has 0 aliphatic heterocycles. The van der Waals surface area contributed by atoms with Crippen LogP contribution in [0.2, 0.25) is 10.2 Å². The van der Waals surface area contributed by atoms with Crippen LogP contribution in [0.1, 0.15) is 5.69 Å². The molecule has 1 heterocycles. The van der Waals surface area contributed by atoms with Crippen LogP contribution in [0.4, 0.5) is 0 Å². The Kier molecular flexibility index (Phi) is 3.35. The van der Waals surface area contributed by atoms with E-state index in [-0.39, 0.29) is 10.8 Å². The molecule has 0 fully saturated rings. The van der Waals surface area contributed by atoms with Gasteiger partial charge in [0.05, 0.1) is 5.69 Å². The van der Waals surface area contributed by atoms with Crippen molar-refractivity contribution in [1.29, 1.82) is 0 Å². The van der Waals surface area contributed by atoms with Gasteiger partial charge in [0.25, 0.3) is 0 Å². The summed E-state index contributed by atoms with van der Waals surface area (Å²) >= 11 is 27.9. The van der Waals surface area contributed by atoms with Crippen LogP contribution in [-0.4, -0.2) is 4.98 Å². The third kappa shape index (κ3) is 2.82. The Morgan fingerprint density at radius 1 is 1.08 bits per heavy atom. The number of pyridine rings is 1. The van der Waals surface area contributed by atoms with Gasteiger partial charge < -0.3 is 0 Å². The SMILES string of the molecule is Clc1cc(Cl)nc(C(Cl)(Cl)Cl)c1. The van der Waals surface area contributed by atoms with Gasteiger partial charge in [-0.15, -0.1) is 0 Å². The zero-order chi connectivity index (χ0) is 9.35. The fourth-order valence-electron chi connectivity index (χ4n) is 0.611. The van der Waals surface area contributed by atoms with Crippen molar-refractivity contribution in [3.63, 3.8) is 0 Å².